The van der Waals surface area contributed by atoms with Gasteiger partial charge in [0.25, 0.3) is 0 Å². The highest BCUT2D eigenvalue weighted by Gasteiger charge is 2.16. The third-order valence-corrected chi connectivity index (χ3v) is 3.75. The molecular formula is C18H20N4O3. The molecule has 0 spiro atoms. The van der Waals surface area contributed by atoms with Crippen LogP contribution >= 0.6 is 0 Å². The maximum absolute atomic E-state index is 12.1. The minimum absolute atomic E-state index is 0.126. The van der Waals surface area contributed by atoms with Crippen molar-refractivity contribution in [3.05, 3.63) is 53.6 Å². The van der Waals surface area contributed by atoms with E-state index in [9.17, 15) is 4.79 Å². The molecule has 3 aromatic rings. The van der Waals surface area contributed by atoms with Crippen LogP contribution in [0, 0.1) is 13.8 Å². The molecule has 1 amide bonds. The van der Waals surface area contributed by atoms with Crippen molar-refractivity contribution in [2.24, 2.45) is 0 Å². The van der Waals surface area contributed by atoms with E-state index in [-0.39, 0.29) is 18.4 Å². The van der Waals surface area contributed by atoms with Gasteiger partial charge in [-0.25, -0.2) is 4.98 Å². The first kappa shape index (κ1) is 16.9. The number of nitrogens with zero attached hydrogens (tertiary/aromatic N) is 3. The Morgan fingerprint density at radius 2 is 2.00 bits per heavy atom. The highest BCUT2D eigenvalue weighted by Crippen LogP contribution is 2.21. The second kappa shape index (κ2) is 7.29. The molecule has 2 aromatic heterocycles. The Labute approximate surface area is 145 Å². The van der Waals surface area contributed by atoms with E-state index in [0.29, 0.717) is 29.8 Å². The first-order valence-corrected chi connectivity index (χ1v) is 8.12. The zero-order valence-electron chi connectivity index (χ0n) is 14.4. The Morgan fingerprint density at radius 1 is 1.24 bits per heavy atom. The van der Waals surface area contributed by atoms with E-state index in [4.69, 9.17) is 8.94 Å². The number of carbonyl (C=O) groups is 1. The third-order valence-electron chi connectivity index (χ3n) is 3.75. The highest BCUT2D eigenvalue weighted by atomic mass is 16.5. The summed E-state index contributed by atoms with van der Waals surface area (Å²) in [6, 6.07) is 7.68. The Bertz CT molecular complexity index is 851. The molecule has 2 heterocycles. The van der Waals surface area contributed by atoms with Crippen LogP contribution in [0.2, 0.25) is 0 Å². The summed E-state index contributed by atoms with van der Waals surface area (Å²) in [4.78, 5) is 20.4. The van der Waals surface area contributed by atoms with Gasteiger partial charge in [0.2, 0.25) is 11.8 Å². The van der Waals surface area contributed by atoms with E-state index in [1.54, 1.807) is 20.0 Å². The molecule has 0 fully saturated rings. The van der Waals surface area contributed by atoms with E-state index < -0.39 is 0 Å². The Kier molecular flexibility index (Phi) is 4.92. The van der Waals surface area contributed by atoms with Crippen LogP contribution in [0.1, 0.15) is 42.6 Å². The van der Waals surface area contributed by atoms with Gasteiger partial charge in [-0.2, -0.15) is 4.98 Å². The monoisotopic (exact) mass is 340 g/mol. The standard InChI is InChI=1S/C18H20N4O3/c1-11-4-6-14(7-5-11)15-10-19-17(24-15)9-8-16(23)20-12(2)18-21-13(3)22-25-18/h4-7,10,12H,8-9H2,1-3H3,(H,20,23)/t12-/m1/s1. The van der Waals surface area contributed by atoms with Gasteiger partial charge in [0.1, 0.15) is 6.04 Å². The summed E-state index contributed by atoms with van der Waals surface area (Å²) in [5, 5.41) is 6.53. The van der Waals surface area contributed by atoms with Gasteiger partial charge >= 0.3 is 0 Å². The predicted octanol–water partition coefficient (Wildman–Crippen LogP) is 3.15. The van der Waals surface area contributed by atoms with Crippen LogP contribution in [0.5, 0.6) is 0 Å². The van der Waals surface area contributed by atoms with Crippen molar-refractivity contribution < 1.29 is 13.7 Å². The summed E-state index contributed by atoms with van der Waals surface area (Å²) in [6.45, 7) is 5.56. The molecule has 0 radical (unpaired) electrons. The number of hydrogen-bond acceptors (Lipinski definition) is 6. The molecule has 7 nitrogen and oxygen atoms in total. The van der Waals surface area contributed by atoms with E-state index >= 15 is 0 Å². The largest absolute Gasteiger partial charge is 0.441 e. The number of rotatable bonds is 6. The molecule has 7 heteroatoms. The lowest BCUT2D eigenvalue weighted by molar-refractivity contribution is -0.121. The minimum Gasteiger partial charge on any atom is -0.441 e. The van der Waals surface area contributed by atoms with Gasteiger partial charge in [0.15, 0.2) is 17.5 Å². The van der Waals surface area contributed by atoms with Gasteiger partial charge in [0.05, 0.1) is 6.20 Å². The maximum Gasteiger partial charge on any atom is 0.248 e. The van der Waals surface area contributed by atoms with Crippen molar-refractivity contribution in [2.75, 3.05) is 0 Å². The number of benzene rings is 1. The third kappa shape index (κ3) is 4.32. The second-order valence-electron chi connectivity index (χ2n) is 5.95. The molecule has 0 aliphatic rings. The lowest BCUT2D eigenvalue weighted by atomic mass is 10.1. The summed E-state index contributed by atoms with van der Waals surface area (Å²) in [5.74, 6) is 2.04. The van der Waals surface area contributed by atoms with Crippen molar-refractivity contribution >= 4 is 5.91 Å². The fraction of sp³-hybridized carbons (Fsp3) is 0.333. The Morgan fingerprint density at radius 3 is 2.68 bits per heavy atom. The summed E-state index contributed by atoms with van der Waals surface area (Å²) in [6.07, 6.45) is 2.38. The maximum atomic E-state index is 12.1. The fourth-order valence-electron chi connectivity index (χ4n) is 2.36. The van der Waals surface area contributed by atoms with Crippen LogP contribution in [0.3, 0.4) is 0 Å². The summed E-state index contributed by atoms with van der Waals surface area (Å²) < 4.78 is 10.8. The molecular weight excluding hydrogens is 320 g/mol. The summed E-state index contributed by atoms with van der Waals surface area (Å²) in [5.41, 5.74) is 2.15. The fourth-order valence-corrected chi connectivity index (χ4v) is 2.36. The molecule has 0 saturated heterocycles. The van der Waals surface area contributed by atoms with Crippen molar-refractivity contribution in [1.29, 1.82) is 0 Å². The average molecular weight is 340 g/mol. The van der Waals surface area contributed by atoms with Crippen molar-refractivity contribution in [2.45, 2.75) is 39.7 Å². The van der Waals surface area contributed by atoms with E-state index in [1.807, 2.05) is 31.2 Å². The zero-order valence-corrected chi connectivity index (χ0v) is 14.4. The lowest BCUT2D eigenvalue weighted by Crippen LogP contribution is -2.27. The molecule has 0 bridgehead atoms. The van der Waals surface area contributed by atoms with E-state index in [1.165, 1.54) is 5.56 Å². The van der Waals surface area contributed by atoms with Crippen molar-refractivity contribution in [3.63, 3.8) is 0 Å². The number of hydrogen-bond donors (Lipinski definition) is 1. The van der Waals surface area contributed by atoms with E-state index in [0.717, 1.165) is 5.56 Å². The van der Waals surface area contributed by atoms with Gasteiger partial charge in [-0.3, -0.25) is 4.79 Å². The SMILES string of the molecule is Cc1ccc(-c2cnc(CCC(=O)N[C@H](C)c3nc(C)no3)o2)cc1. The van der Waals surface area contributed by atoms with Crippen LogP contribution in [0.15, 0.2) is 39.4 Å². The molecule has 0 unspecified atom stereocenters. The normalized spacial score (nSPS) is 12.1. The molecule has 0 aliphatic carbocycles. The van der Waals surface area contributed by atoms with Gasteiger partial charge in [-0.05, 0) is 20.8 Å². The van der Waals surface area contributed by atoms with E-state index in [2.05, 4.69) is 20.4 Å². The zero-order chi connectivity index (χ0) is 17.8. The highest BCUT2D eigenvalue weighted by molar-refractivity contribution is 5.76. The quantitative estimate of drug-likeness (QED) is 0.741. The Hall–Kier alpha value is -2.96. The first-order chi connectivity index (χ1) is 12.0. The molecule has 0 saturated carbocycles. The molecule has 25 heavy (non-hydrogen) atoms. The molecule has 0 aliphatic heterocycles. The van der Waals surface area contributed by atoms with Crippen LogP contribution in [0.4, 0.5) is 0 Å². The van der Waals surface area contributed by atoms with Gasteiger partial charge in [-0.1, -0.05) is 35.0 Å². The number of carbonyl (C=O) groups excluding carboxylic acids is 1. The van der Waals surface area contributed by atoms with Crippen LogP contribution in [0.25, 0.3) is 11.3 Å². The summed E-state index contributed by atoms with van der Waals surface area (Å²) in [7, 11) is 0. The minimum atomic E-state index is -0.332. The second-order valence-corrected chi connectivity index (χ2v) is 5.95. The number of nitrogens with one attached hydrogen (secondary N) is 1. The number of amides is 1. The number of aromatic nitrogens is 3. The number of aryl methyl sites for hydroxylation is 3. The topological polar surface area (TPSA) is 94.1 Å². The molecule has 130 valence electrons. The smallest absolute Gasteiger partial charge is 0.248 e. The van der Waals surface area contributed by atoms with Crippen LogP contribution in [-0.4, -0.2) is 21.0 Å². The van der Waals surface area contributed by atoms with Crippen LogP contribution in [-0.2, 0) is 11.2 Å². The first-order valence-electron chi connectivity index (χ1n) is 8.12. The Balaban J connectivity index is 1.53. The van der Waals surface area contributed by atoms with Crippen LogP contribution < -0.4 is 5.32 Å². The molecule has 1 aromatic carbocycles. The van der Waals surface area contributed by atoms with Gasteiger partial charge in [-0.15, -0.1) is 0 Å². The van der Waals surface area contributed by atoms with Gasteiger partial charge in [0, 0.05) is 18.4 Å². The average Bonchev–Trinajstić information content (AvgIpc) is 3.23. The van der Waals surface area contributed by atoms with Crippen molar-refractivity contribution in [3.8, 4) is 11.3 Å². The van der Waals surface area contributed by atoms with Crippen molar-refractivity contribution in [1.82, 2.24) is 20.4 Å². The molecule has 1 atom stereocenters. The predicted molar refractivity (Wildman–Crippen MR) is 90.6 cm³/mol. The molecule has 3 rings (SSSR count). The lowest BCUT2D eigenvalue weighted by Gasteiger charge is -2.08. The van der Waals surface area contributed by atoms with Gasteiger partial charge < -0.3 is 14.3 Å². The molecule has 1 N–H and O–H groups in total. The number of oxazole rings is 1. The summed E-state index contributed by atoms with van der Waals surface area (Å²) >= 11 is 0.